The number of sulfonamides is 1. The van der Waals surface area contributed by atoms with Gasteiger partial charge in [0.05, 0.1) is 10.8 Å². The van der Waals surface area contributed by atoms with Gasteiger partial charge in [0.1, 0.15) is 5.82 Å². The first-order valence-electron chi connectivity index (χ1n) is 8.83. The first kappa shape index (κ1) is 22.3. The number of rotatable bonds is 5. The lowest BCUT2D eigenvalue weighted by molar-refractivity contribution is -0.120. The number of anilines is 1. The van der Waals surface area contributed by atoms with Crippen LogP contribution < -0.4 is 5.32 Å². The van der Waals surface area contributed by atoms with E-state index < -0.39 is 15.8 Å². The number of carbonyl (C=O) groups excluding carboxylic acids is 1. The highest BCUT2D eigenvalue weighted by Crippen LogP contribution is 2.27. The van der Waals surface area contributed by atoms with E-state index in [0.29, 0.717) is 34.1 Å². The van der Waals surface area contributed by atoms with Gasteiger partial charge in [0.2, 0.25) is 15.9 Å². The summed E-state index contributed by atoms with van der Waals surface area (Å²) in [5.41, 5.74) is 0.873. The maximum Gasteiger partial charge on any atom is 0.227 e. The maximum atomic E-state index is 13.2. The van der Waals surface area contributed by atoms with E-state index in [9.17, 15) is 17.6 Å². The van der Waals surface area contributed by atoms with Crippen LogP contribution in [0.4, 0.5) is 10.1 Å². The average molecular weight is 480 g/mol. The summed E-state index contributed by atoms with van der Waals surface area (Å²) in [5, 5.41) is 3.35. The molecule has 0 saturated carbocycles. The summed E-state index contributed by atoms with van der Waals surface area (Å²) >= 11 is 17.7. The van der Waals surface area contributed by atoms with Crippen LogP contribution in [-0.2, 0) is 20.6 Å². The molecular weight excluding hydrogens is 462 g/mol. The lowest BCUT2D eigenvalue weighted by Crippen LogP contribution is -2.41. The number of hydrogen-bond acceptors (Lipinski definition) is 3. The van der Waals surface area contributed by atoms with Crippen molar-refractivity contribution >= 4 is 56.4 Å². The number of halogens is 4. The molecule has 0 atom stereocenters. The molecule has 29 heavy (non-hydrogen) atoms. The predicted octanol–water partition coefficient (Wildman–Crippen LogP) is 4.97. The second-order valence-corrected chi connectivity index (χ2v) is 10.0. The molecule has 0 aliphatic carbocycles. The second-order valence-electron chi connectivity index (χ2n) is 6.78. The van der Waals surface area contributed by atoms with Gasteiger partial charge in [-0.05, 0) is 48.7 Å². The third-order valence-electron chi connectivity index (χ3n) is 4.76. The number of carbonyl (C=O) groups is 1. The van der Waals surface area contributed by atoms with Gasteiger partial charge in [0.25, 0.3) is 0 Å². The van der Waals surface area contributed by atoms with Gasteiger partial charge in [0.15, 0.2) is 0 Å². The van der Waals surface area contributed by atoms with Crippen molar-refractivity contribution in [2.45, 2.75) is 18.6 Å². The Hall–Kier alpha value is -1.38. The van der Waals surface area contributed by atoms with Crippen molar-refractivity contribution in [3.05, 3.63) is 62.8 Å². The van der Waals surface area contributed by atoms with Crippen molar-refractivity contribution < 1.29 is 17.6 Å². The number of nitrogens with zero attached hydrogens (tertiary/aromatic N) is 1. The van der Waals surface area contributed by atoms with E-state index in [-0.39, 0.29) is 35.7 Å². The van der Waals surface area contributed by atoms with Gasteiger partial charge in [-0.2, -0.15) is 0 Å². The second kappa shape index (κ2) is 9.18. The van der Waals surface area contributed by atoms with Gasteiger partial charge in [-0.15, -0.1) is 0 Å². The number of amides is 1. The summed E-state index contributed by atoms with van der Waals surface area (Å²) in [6.07, 6.45) is 0.767. The van der Waals surface area contributed by atoms with Crippen molar-refractivity contribution in [3.8, 4) is 0 Å². The van der Waals surface area contributed by atoms with Crippen molar-refractivity contribution in [2.24, 2.45) is 5.92 Å². The third-order valence-corrected chi connectivity index (χ3v) is 7.46. The smallest absolute Gasteiger partial charge is 0.227 e. The molecule has 0 aromatic heterocycles. The Morgan fingerprint density at radius 1 is 1.07 bits per heavy atom. The molecule has 1 heterocycles. The number of benzene rings is 2. The molecule has 156 valence electrons. The summed E-state index contributed by atoms with van der Waals surface area (Å²) in [6, 6.07) is 8.63. The molecule has 0 unspecified atom stereocenters. The molecule has 1 aliphatic heterocycles. The number of nitrogens with one attached hydrogen (secondary N) is 1. The molecule has 10 heteroatoms. The van der Waals surface area contributed by atoms with Crippen LogP contribution >= 0.6 is 34.8 Å². The topological polar surface area (TPSA) is 66.5 Å². The Morgan fingerprint density at radius 2 is 1.76 bits per heavy atom. The highest BCUT2D eigenvalue weighted by atomic mass is 35.5. The fraction of sp³-hybridized carbons (Fsp3) is 0.316. The third kappa shape index (κ3) is 5.61. The summed E-state index contributed by atoms with van der Waals surface area (Å²) in [6.45, 7) is 0.464. The van der Waals surface area contributed by atoms with Gasteiger partial charge in [-0.1, -0.05) is 40.9 Å². The van der Waals surface area contributed by atoms with Crippen molar-refractivity contribution in [2.75, 3.05) is 18.4 Å². The molecular formula is C19H18Cl3FN2O3S. The largest absolute Gasteiger partial charge is 0.326 e. The molecule has 1 saturated heterocycles. The molecule has 2 aromatic carbocycles. The van der Waals surface area contributed by atoms with Crippen molar-refractivity contribution in [3.63, 3.8) is 0 Å². The lowest BCUT2D eigenvalue weighted by atomic mass is 9.97. The minimum Gasteiger partial charge on any atom is -0.326 e. The zero-order valence-electron chi connectivity index (χ0n) is 15.2. The van der Waals surface area contributed by atoms with Crippen molar-refractivity contribution in [1.82, 2.24) is 4.31 Å². The number of piperidine rings is 1. The summed E-state index contributed by atoms with van der Waals surface area (Å²) < 4.78 is 40.0. The van der Waals surface area contributed by atoms with Crippen LogP contribution in [0.25, 0.3) is 0 Å². The van der Waals surface area contributed by atoms with Crippen LogP contribution in [0.5, 0.6) is 0 Å². The standard InChI is InChI=1S/C19H18Cl3FN2O3S/c20-14-2-1-13(16(21)9-14)11-29(27,28)25-7-5-12(6-8-25)19(26)24-15-3-4-18(23)17(22)10-15/h1-4,9-10,12H,5-8,11H2,(H,24,26). The number of hydrogen-bond donors (Lipinski definition) is 1. The van der Waals surface area contributed by atoms with Crippen LogP contribution in [0.15, 0.2) is 36.4 Å². The first-order chi connectivity index (χ1) is 13.7. The van der Waals surface area contributed by atoms with Crippen LogP contribution in [0, 0.1) is 11.7 Å². The van der Waals surface area contributed by atoms with E-state index in [1.165, 1.54) is 28.6 Å². The molecule has 0 radical (unpaired) electrons. The summed E-state index contributed by atoms with van der Waals surface area (Å²) in [5.74, 6) is -1.38. The highest BCUT2D eigenvalue weighted by molar-refractivity contribution is 7.88. The minimum absolute atomic E-state index is 0.0791. The van der Waals surface area contributed by atoms with E-state index in [4.69, 9.17) is 34.8 Å². The van der Waals surface area contributed by atoms with E-state index >= 15 is 0 Å². The maximum absolute atomic E-state index is 13.2. The first-order valence-corrected chi connectivity index (χ1v) is 11.6. The Kier molecular flexibility index (Phi) is 7.06. The predicted molar refractivity (Wildman–Crippen MR) is 113 cm³/mol. The van der Waals surface area contributed by atoms with E-state index in [2.05, 4.69) is 5.32 Å². The van der Waals surface area contributed by atoms with E-state index in [0.717, 1.165) is 0 Å². The van der Waals surface area contributed by atoms with Crippen molar-refractivity contribution in [1.29, 1.82) is 0 Å². The molecule has 1 aliphatic rings. The monoisotopic (exact) mass is 478 g/mol. The molecule has 5 nitrogen and oxygen atoms in total. The zero-order chi connectivity index (χ0) is 21.2. The van der Waals surface area contributed by atoms with Crippen LogP contribution in [0.3, 0.4) is 0 Å². The van der Waals surface area contributed by atoms with Gasteiger partial charge in [-0.25, -0.2) is 17.1 Å². The summed E-state index contributed by atoms with van der Waals surface area (Å²) in [4.78, 5) is 12.4. The van der Waals surface area contributed by atoms with E-state index in [1.807, 2.05) is 0 Å². The quantitative estimate of drug-likeness (QED) is 0.659. The van der Waals surface area contributed by atoms with E-state index in [1.54, 1.807) is 12.1 Å². The molecule has 2 aromatic rings. The lowest BCUT2D eigenvalue weighted by Gasteiger charge is -2.30. The molecule has 3 rings (SSSR count). The Balaban J connectivity index is 1.58. The molecule has 1 fully saturated rings. The summed E-state index contributed by atoms with van der Waals surface area (Å²) in [7, 11) is -3.58. The van der Waals surface area contributed by atoms with Gasteiger partial charge in [0, 0.05) is 34.7 Å². The Morgan fingerprint density at radius 3 is 2.38 bits per heavy atom. The van der Waals surface area contributed by atoms with Gasteiger partial charge < -0.3 is 5.32 Å². The van der Waals surface area contributed by atoms with Crippen LogP contribution in [-0.4, -0.2) is 31.7 Å². The van der Waals surface area contributed by atoms with Crippen LogP contribution in [0.1, 0.15) is 18.4 Å². The fourth-order valence-electron chi connectivity index (χ4n) is 3.14. The Labute approximate surface area is 183 Å². The molecule has 1 amide bonds. The van der Waals surface area contributed by atoms with Gasteiger partial charge >= 0.3 is 0 Å². The highest BCUT2D eigenvalue weighted by Gasteiger charge is 2.31. The fourth-order valence-corrected chi connectivity index (χ4v) is 5.47. The zero-order valence-corrected chi connectivity index (χ0v) is 18.3. The average Bonchev–Trinajstić information content (AvgIpc) is 2.67. The van der Waals surface area contributed by atoms with Crippen LogP contribution in [0.2, 0.25) is 15.1 Å². The van der Waals surface area contributed by atoms with Gasteiger partial charge in [-0.3, -0.25) is 4.79 Å². The SMILES string of the molecule is O=C(Nc1ccc(F)c(Cl)c1)C1CCN(S(=O)(=O)Cc2ccc(Cl)cc2Cl)CC1. The molecule has 1 N–H and O–H groups in total. The minimum atomic E-state index is -3.58. The molecule has 0 spiro atoms. The normalized spacial score (nSPS) is 16.0. The molecule has 0 bridgehead atoms. The Bertz CT molecular complexity index is 1030.